The molecule has 1 fully saturated rings. The predicted molar refractivity (Wildman–Crippen MR) is 66.8 cm³/mol. The highest BCUT2D eigenvalue weighted by molar-refractivity contribution is 5.96. The van der Waals surface area contributed by atoms with E-state index in [4.69, 9.17) is 5.73 Å². The minimum Gasteiger partial charge on any atom is -0.397 e. The van der Waals surface area contributed by atoms with Crippen molar-refractivity contribution in [1.82, 2.24) is 15.6 Å². The second-order valence-electron chi connectivity index (χ2n) is 4.29. The molecule has 2 heterocycles. The zero-order chi connectivity index (χ0) is 13.0. The van der Waals surface area contributed by atoms with Crippen LogP contribution in [0.1, 0.15) is 29.8 Å². The van der Waals surface area contributed by atoms with E-state index in [0.29, 0.717) is 18.7 Å². The number of aromatic nitrogens is 1. The molecule has 1 aliphatic heterocycles. The summed E-state index contributed by atoms with van der Waals surface area (Å²) in [6.45, 7) is 0.672. The van der Waals surface area contributed by atoms with E-state index in [9.17, 15) is 9.59 Å². The fourth-order valence-electron chi connectivity index (χ4n) is 1.85. The van der Waals surface area contributed by atoms with Crippen molar-refractivity contribution in [1.29, 1.82) is 0 Å². The summed E-state index contributed by atoms with van der Waals surface area (Å²) in [5, 5.41) is 5.46. The third-order valence-corrected chi connectivity index (χ3v) is 2.86. The number of rotatable bonds is 2. The Morgan fingerprint density at radius 1 is 1.44 bits per heavy atom. The van der Waals surface area contributed by atoms with Crippen LogP contribution < -0.4 is 16.4 Å². The molecule has 2 amide bonds. The number of nitrogens with one attached hydrogen (secondary N) is 2. The molecule has 0 spiro atoms. The van der Waals surface area contributed by atoms with Crippen molar-refractivity contribution in [3.05, 3.63) is 24.0 Å². The second-order valence-corrected chi connectivity index (χ2v) is 4.29. The van der Waals surface area contributed by atoms with E-state index in [1.54, 1.807) is 12.1 Å². The molecular weight excluding hydrogens is 232 g/mol. The van der Waals surface area contributed by atoms with Gasteiger partial charge in [-0.2, -0.15) is 0 Å². The Hall–Kier alpha value is -2.11. The van der Waals surface area contributed by atoms with E-state index < -0.39 is 6.04 Å². The largest absolute Gasteiger partial charge is 0.397 e. The molecule has 1 atom stereocenters. The number of anilines is 1. The molecule has 6 nitrogen and oxygen atoms in total. The van der Waals surface area contributed by atoms with E-state index in [2.05, 4.69) is 15.6 Å². The number of nitrogen functional groups attached to an aromatic ring is 1. The molecule has 4 N–H and O–H groups in total. The van der Waals surface area contributed by atoms with E-state index in [1.165, 1.54) is 6.20 Å². The van der Waals surface area contributed by atoms with Gasteiger partial charge in [0.25, 0.3) is 5.91 Å². The summed E-state index contributed by atoms with van der Waals surface area (Å²) in [7, 11) is 0. The fraction of sp³-hybridized carbons (Fsp3) is 0.417. The molecule has 2 rings (SSSR count). The molecule has 1 aromatic heterocycles. The average molecular weight is 248 g/mol. The van der Waals surface area contributed by atoms with Crippen LogP contribution in [-0.2, 0) is 4.79 Å². The normalized spacial score (nSPS) is 19.8. The molecule has 0 radical (unpaired) electrons. The van der Waals surface area contributed by atoms with Crippen LogP contribution in [0.25, 0.3) is 0 Å². The Labute approximate surface area is 105 Å². The van der Waals surface area contributed by atoms with Crippen molar-refractivity contribution < 1.29 is 9.59 Å². The van der Waals surface area contributed by atoms with Gasteiger partial charge >= 0.3 is 0 Å². The maximum absolute atomic E-state index is 11.9. The Bertz CT molecular complexity index is 444. The van der Waals surface area contributed by atoms with Crippen LogP contribution in [0.15, 0.2) is 18.3 Å². The summed E-state index contributed by atoms with van der Waals surface area (Å²) < 4.78 is 0. The quantitative estimate of drug-likeness (QED) is 0.689. The molecule has 0 aliphatic carbocycles. The van der Waals surface area contributed by atoms with Crippen LogP contribution in [0, 0.1) is 0 Å². The van der Waals surface area contributed by atoms with Crippen molar-refractivity contribution in [2.45, 2.75) is 25.3 Å². The maximum atomic E-state index is 11.9. The number of pyridine rings is 1. The number of nitrogens with two attached hydrogens (primary N) is 1. The smallest absolute Gasteiger partial charge is 0.270 e. The summed E-state index contributed by atoms with van der Waals surface area (Å²) in [5.41, 5.74) is 6.26. The Morgan fingerprint density at radius 2 is 2.28 bits per heavy atom. The van der Waals surface area contributed by atoms with Gasteiger partial charge < -0.3 is 16.4 Å². The van der Waals surface area contributed by atoms with Crippen molar-refractivity contribution in [2.24, 2.45) is 0 Å². The zero-order valence-corrected chi connectivity index (χ0v) is 9.98. The SMILES string of the molecule is Nc1ccc(C(=O)NC2CCCCNC2=O)nc1. The number of nitrogens with zero attached hydrogens (tertiary/aromatic N) is 1. The molecule has 1 aliphatic rings. The van der Waals surface area contributed by atoms with Crippen LogP contribution in [0.3, 0.4) is 0 Å². The van der Waals surface area contributed by atoms with E-state index >= 15 is 0 Å². The molecule has 0 saturated carbocycles. The van der Waals surface area contributed by atoms with Gasteiger partial charge in [0.15, 0.2) is 0 Å². The minimum atomic E-state index is -0.473. The number of carbonyl (C=O) groups excluding carboxylic acids is 2. The lowest BCUT2D eigenvalue weighted by Crippen LogP contribution is -2.45. The first-order valence-electron chi connectivity index (χ1n) is 5.97. The summed E-state index contributed by atoms with van der Waals surface area (Å²) in [6.07, 6.45) is 3.94. The number of amides is 2. The molecular formula is C12H16N4O2. The van der Waals surface area contributed by atoms with Crippen molar-refractivity contribution in [3.63, 3.8) is 0 Å². The Balaban J connectivity index is 2.01. The molecule has 18 heavy (non-hydrogen) atoms. The number of hydrogen-bond donors (Lipinski definition) is 3. The monoisotopic (exact) mass is 248 g/mol. The highest BCUT2D eigenvalue weighted by Gasteiger charge is 2.23. The fourth-order valence-corrected chi connectivity index (χ4v) is 1.85. The van der Waals surface area contributed by atoms with Crippen LogP contribution in [0.5, 0.6) is 0 Å². The van der Waals surface area contributed by atoms with Gasteiger partial charge in [-0.1, -0.05) is 0 Å². The summed E-state index contributed by atoms with van der Waals surface area (Å²) in [4.78, 5) is 27.5. The first-order valence-corrected chi connectivity index (χ1v) is 5.97. The van der Waals surface area contributed by atoms with Gasteiger partial charge in [0.05, 0.1) is 11.9 Å². The summed E-state index contributed by atoms with van der Waals surface area (Å²) >= 11 is 0. The zero-order valence-electron chi connectivity index (χ0n) is 9.98. The molecule has 96 valence electrons. The topological polar surface area (TPSA) is 97.1 Å². The van der Waals surface area contributed by atoms with Gasteiger partial charge in [-0.25, -0.2) is 4.98 Å². The second kappa shape index (κ2) is 5.48. The van der Waals surface area contributed by atoms with Gasteiger partial charge in [-0.05, 0) is 31.4 Å². The van der Waals surface area contributed by atoms with Crippen molar-refractivity contribution in [2.75, 3.05) is 12.3 Å². The van der Waals surface area contributed by atoms with Gasteiger partial charge in [0.2, 0.25) is 5.91 Å². The first-order chi connectivity index (χ1) is 8.66. The molecule has 6 heteroatoms. The molecule has 1 aromatic rings. The minimum absolute atomic E-state index is 0.128. The molecule has 1 unspecified atom stereocenters. The maximum Gasteiger partial charge on any atom is 0.270 e. The standard InChI is InChI=1S/C12H16N4O2/c13-8-4-5-9(15-7-8)12(18)16-10-3-1-2-6-14-11(10)17/h4-5,7,10H,1-3,6,13H2,(H,14,17)(H,16,18). The lowest BCUT2D eigenvalue weighted by Gasteiger charge is -2.14. The third kappa shape index (κ3) is 2.97. The van der Waals surface area contributed by atoms with E-state index in [0.717, 1.165) is 12.8 Å². The lowest BCUT2D eigenvalue weighted by molar-refractivity contribution is -0.122. The van der Waals surface area contributed by atoms with Crippen LogP contribution in [0.4, 0.5) is 5.69 Å². The molecule has 0 bridgehead atoms. The highest BCUT2D eigenvalue weighted by Crippen LogP contribution is 2.07. The van der Waals surface area contributed by atoms with Gasteiger partial charge in [0.1, 0.15) is 11.7 Å². The van der Waals surface area contributed by atoms with Crippen molar-refractivity contribution >= 4 is 17.5 Å². The lowest BCUT2D eigenvalue weighted by atomic mass is 10.1. The molecule has 1 saturated heterocycles. The third-order valence-electron chi connectivity index (χ3n) is 2.86. The van der Waals surface area contributed by atoms with Gasteiger partial charge in [-0.3, -0.25) is 9.59 Å². The highest BCUT2D eigenvalue weighted by atomic mass is 16.2. The van der Waals surface area contributed by atoms with E-state index in [1.807, 2.05) is 0 Å². The summed E-state index contributed by atoms with van der Waals surface area (Å²) in [6, 6.07) is 2.67. The van der Waals surface area contributed by atoms with Crippen LogP contribution >= 0.6 is 0 Å². The van der Waals surface area contributed by atoms with Gasteiger partial charge in [0, 0.05) is 6.54 Å². The van der Waals surface area contributed by atoms with Crippen LogP contribution in [0.2, 0.25) is 0 Å². The van der Waals surface area contributed by atoms with Crippen molar-refractivity contribution in [3.8, 4) is 0 Å². The number of carbonyl (C=O) groups is 2. The summed E-state index contributed by atoms with van der Waals surface area (Å²) in [5.74, 6) is -0.478. The number of hydrogen-bond acceptors (Lipinski definition) is 4. The average Bonchev–Trinajstić information content (AvgIpc) is 2.56. The Kier molecular flexibility index (Phi) is 3.76. The van der Waals surface area contributed by atoms with Crippen LogP contribution in [-0.4, -0.2) is 29.4 Å². The van der Waals surface area contributed by atoms with Gasteiger partial charge in [-0.15, -0.1) is 0 Å². The van der Waals surface area contributed by atoms with E-state index in [-0.39, 0.29) is 17.5 Å². The predicted octanol–water partition coefficient (Wildman–Crippen LogP) is 0.0623. The first kappa shape index (κ1) is 12.3. The Morgan fingerprint density at radius 3 is 3.00 bits per heavy atom. The molecule has 0 aromatic carbocycles.